The van der Waals surface area contributed by atoms with Crippen LogP contribution in [0.15, 0.2) is 0 Å². The third kappa shape index (κ3) is 3.52. The molecular weight excluding hydrogens is 203 g/mol. The van der Waals surface area contributed by atoms with Crippen LogP contribution in [0.2, 0.25) is 5.82 Å². The summed E-state index contributed by atoms with van der Waals surface area (Å²) < 4.78 is 0. The Labute approximate surface area is 109 Å². The number of fused-ring (bicyclic) bond motifs is 1. The average Bonchev–Trinajstić information content (AvgIpc) is 2.89. The summed E-state index contributed by atoms with van der Waals surface area (Å²) in [6, 6.07) is 0. The number of rotatable bonds is 8. The highest BCUT2D eigenvalue weighted by molar-refractivity contribution is 6.11. The van der Waals surface area contributed by atoms with E-state index in [2.05, 4.69) is 20.8 Å². The Balaban J connectivity index is 1.62. The molecule has 1 heteroatoms. The maximum Gasteiger partial charge on any atom is 0.0699 e. The summed E-state index contributed by atoms with van der Waals surface area (Å²) in [5.41, 5.74) is 0. The largest absolute Gasteiger partial charge is 0.0771 e. The lowest BCUT2D eigenvalue weighted by atomic mass is 9.70. The van der Waals surface area contributed by atoms with Crippen molar-refractivity contribution in [1.29, 1.82) is 0 Å². The maximum atomic E-state index is 6.33. The van der Waals surface area contributed by atoms with Crippen LogP contribution in [0.4, 0.5) is 0 Å². The summed E-state index contributed by atoms with van der Waals surface area (Å²) in [4.78, 5) is 0. The van der Waals surface area contributed by atoms with Gasteiger partial charge in [0.25, 0.3) is 0 Å². The molecule has 0 bridgehead atoms. The van der Waals surface area contributed by atoms with Crippen molar-refractivity contribution in [2.75, 3.05) is 0 Å². The molecule has 96 valence electrons. The van der Waals surface area contributed by atoms with Gasteiger partial charge in [0.2, 0.25) is 0 Å². The second-order valence-corrected chi connectivity index (χ2v) is 7.02. The first kappa shape index (κ1) is 13.5. The second kappa shape index (κ2) is 5.80. The van der Waals surface area contributed by atoms with Gasteiger partial charge in [-0.15, -0.1) is 0 Å². The van der Waals surface area contributed by atoms with Crippen LogP contribution >= 0.6 is 0 Å². The Morgan fingerprint density at radius 1 is 1.18 bits per heavy atom. The second-order valence-electron chi connectivity index (χ2n) is 7.02. The van der Waals surface area contributed by atoms with E-state index < -0.39 is 0 Å². The van der Waals surface area contributed by atoms with E-state index in [0.29, 0.717) is 5.82 Å². The highest BCUT2D eigenvalue weighted by Crippen LogP contribution is 2.61. The van der Waals surface area contributed by atoms with Crippen molar-refractivity contribution in [1.82, 2.24) is 0 Å². The number of hydrogen-bond donors (Lipinski definition) is 0. The van der Waals surface area contributed by atoms with Gasteiger partial charge in [0.1, 0.15) is 0 Å². The van der Waals surface area contributed by atoms with Gasteiger partial charge in [-0.3, -0.25) is 0 Å². The normalized spacial score (nSPS) is 34.0. The summed E-state index contributed by atoms with van der Waals surface area (Å²) in [6.45, 7) is 7.00. The molecule has 0 aromatic heterocycles. The number of hydrogen-bond acceptors (Lipinski definition) is 0. The van der Waals surface area contributed by atoms with E-state index in [9.17, 15) is 0 Å². The van der Waals surface area contributed by atoms with Crippen LogP contribution < -0.4 is 0 Å². The Kier molecular flexibility index (Phi) is 4.61. The van der Waals surface area contributed by atoms with Crippen molar-refractivity contribution >= 4 is 7.85 Å². The van der Waals surface area contributed by atoms with Gasteiger partial charge in [-0.25, -0.2) is 0 Å². The van der Waals surface area contributed by atoms with Crippen molar-refractivity contribution in [3.8, 4) is 0 Å². The molecule has 0 aromatic rings. The summed E-state index contributed by atoms with van der Waals surface area (Å²) >= 11 is 0. The molecule has 0 aromatic carbocycles. The van der Waals surface area contributed by atoms with Crippen molar-refractivity contribution in [2.45, 2.75) is 71.5 Å². The van der Waals surface area contributed by atoms with Crippen molar-refractivity contribution in [2.24, 2.45) is 29.6 Å². The van der Waals surface area contributed by atoms with E-state index >= 15 is 0 Å². The average molecular weight is 232 g/mol. The molecule has 5 unspecified atom stereocenters. The first-order chi connectivity index (χ1) is 8.11. The Bertz CT molecular complexity index is 236. The zero-order valence-electron chi connectivity index (χ0n) is 12.0. The van der Waals surface area contributed by atoms with Crippen LogP contribution in [-0.2, 0) is 0 Å². The summed E-state index contributed by atoms with van der Waals surface area (Å²) in [5.74, 6) is 5.47. The molecule has 17 heavy (non-hydrogen) atoms. The minimum atomic E-state index is 0.465. The van der Waals surface area contributed by atoms with Gasteiger partial charge in [0.15, 0.2) is 0 Å². The lowest BCUT2D eigenvalue weighted by Crippen LogP contribution is -2.17. The summed E-state index contributed by atoms with van der Waals surface area (Å²) in [5, 5.41) is 0. The molecule has 0 nitrogen and oxygen atoms in total. The van der Waals surface area contributed by atoms with Crippen LogP contribution in [0.5, 0.6) is 0 Å². The first-order valence-electron chi connectivity index (χ1n) is 7.87. The predicted octanol–water partition coefficient (Wildman–Crippen LogP) is 4.84. The van der Waals surface area contributed by atoms with E-state index in [0.717, 1.165) is 29.6 Å². The Morgan fingerprint density at radius 3 is 2.41 bits per heavy atom. The molecule has 0 N–H and O–H groups in total. The van der Waals surface area contributed by atoms with Gasteiger partial charge in [0, 0.05) is 0 Å². The lowest BCUT2D eigenvalue weighted by molar-refractivity contribution is 0.254. The molecule has 0 heterocycles. The van der Waals surface area contributed by atoms with E-state index in [4.69, 9.17) is 7.85 Å². The van der Waals surface area contributed by atoms with Crippen LogP contribution in [0.1, 0.15) is 65.7 Å². The topological polar surface area (TPSA) is 0 Å². The van der Waals surface area contributed by atoms with Crippen LogP contribution in [0.25, 0.3) is 0 Å². The third-order valence-corrected chi connectivity index (χ3v) is 5.30. The molecular formula is C16H29B. The molecule has 2 saturated carbocycles. The van der Waals surface area contributed by atoms with Crippen LogP contribution in [0, 0.1) is 29.6 Å². The summed E-state index contributed by atoms with van der Waals surface area (Å²) in [6.07, 6.45) is 9.69. The molecule has 0 amide bonds. The van der Waals surface area contributed by atoms with Gasteiger partial charge >= 0.3 is 0 Å². The molecule has 2 radical (unpaired) electrons. The third-order valence-electron chi connectivity index (χ3n) is 5.30. The fraction of sp³-hybridized carbons (Fsp3) is 1.00. The predicted molar refractivity (Wildman–Crippen MR) is 76.3 cm³/mol. The zero-order valence-corrected chi connectivity index (χ0v) is 12.0. The first-order valence-corrected chi connectivity index (χ1v) is 7.87. The van der Waals surface area contributed by atoms with Gasteiger partial charge in [-0.2, -0.15) is 0 Å². The molecule has 2 aliphatic rings. The summed E-state index contributed by atoms with van der Waals surface area (Å²) in [7, 11) is 6.33. The molecule has 2 fully saturated rings. The fourth-order valence-electron chi connectivity index (χ4n) is 3.85. The molecule has 2 rings (SSSR count). The van der Waals surface area contributed by atoms with Crippen LogP contribution in [0.3, 0.4) is 0 Å². The van der Waals surface area contributed by atoms with Gasteiger partial charge in [-0.1, -0.05) is 58.7 Å². The SMILES string of the molecule is [B]C(CCC1CC2CC12)CC(CCC)C(C)C. The Morgan fingerprint density at radius 2 is 1.94 bits per heavy atom. The Hall–Kier alpha value is 0.0649. The van der Waals surface area contributed by atoms with Gasteiger partial charge < -0.3 is 0 Å². The highest BCUT2D eigenvalue weighted by Gasteiger charge is 2.52. The zero-order chi connectivity index (χ0) is 12.4. The van der Waals surface area contributed by atoms with Crippen molar-refractivity contribution < 1.29 is 0 Å². The van der Waals surface area contributed by atoms with Crippen LogP contribution in [-0.4, -0.2) is 7.85 Å². The van der Waals surface area contributed by atoms with Crippen molar-refractivity contribution in [3.63, 3.8) is 0 Å². The smallest absolute Gasteiger partial charge is 0.0699 e. The maximum absolute atomic E-state index is 6.33. The van der Waals surface area contributed by atoms with Gasteiger partial charge in [-0.05, 0) is 42.4 Å². The molecule has 0 saturated heterocycles. The molecule has 0 spiro atoms. The van der Waals surface area contributed by atoms with Crippen molar-refractivity contribution in [3.05, 3.63) is 0 Å². The van der Waals surface area contributed by atoms with E-state index in [1.165, 1.54) is 38.5 Å². The molecule has 0 aliphatic heterocycles. The van der Waals surface area contributed by atoms with E-state index in [1.54, 1.807) is 6.42 Å². The van der Waals surface area contributed by atoms with E-state index in [1.807, 2.05) is 0 Å². The van der Waals surface area contributed by atoms with E-state index in [-0.39, 0.29) is 0 Å². The quantitative estimate of drug-likeness (QED) is 0.525. The molecule has 2 aliphatic carbocycles. The minimum absolute atomic E-state index is 0.465. The molecule has 5 atom stereocenters. The minimum Gasteiger partial charge on any atom is -0.0771 e. The fourth-order valence-corrected chi connectivity index (χ4v) is 3.85. The highest BCUT2D eigenvalue weighted by atomic mass is 14.6. The van der Waals surface area contributed by atoms with Gasteiger partial charge in [0.05, 0.1) is 7.85 Å². The lowest BCUT2D eigenvalue weighted by Gasteiger charge is -2.28. The standard InChI is InChI=1S/C16H29B/c1-4-5-12(11(2)3)9-15(17)7-6-13-8-14-10-16(13)14/h11-16H,4-10H2,1-3H3. The monoisotopic (exact) mass is 232 g/mol.